The molecule has 0 fully saturated rings. The molecule has 0 aliphatic rings. The van der Waals surface area contributed by atoms with Crippen LogP contribution in [0.4, 0.5) is 4.79 Å². The van der Waals surface area contributed by atoms with E-state index in [4.69, 9.17) is 9.84 Å². The molecule has 0 unspecified atom stereocenters. The van der Waals surface area contributed by atoms with E-state index in [1.54, 1.807) is 24.4 Å². The number of aromatic nitrogens is 1. The predicted molar refractivity (Wildman–Crippen MR) is 68.4 cm³/mol. The van der Waals surface area contributed by atoms with Gasteiger partial charge in [-0.05, 0) is 12.1 Å². The maximum absolute atomic E-state index is 11.8. The zero-order chi connectivity index (χ0) is 14.1. The number of aliphatic carboxylic acids is 1. The first-order valence-electron chi connectivity index (χ1n) is 5.77. The normalized spacial score (nSPS) is 9.68. The maximum Gasteiger partial charge on any atom is 0.410 e. The third kappa shape index (κ3) is 5.67. The van der Waals surface area contributed by atoms with Crippen molar-refractivity contribution in [2.24, 2.45) is 0 Å². The summed E-state index contributed by atoms with van der Waals surface area (Å²) in [6.45, 7) is 3.82. The van der Waals surface area contributed by atoms with Crippen molar-refractivity contribution in [3.8, 4) is 0 Å². The Hall–Kier alpha value is -2.37. The highest BCUT2D eigenvalue weighted by molar-refractivity contribution is 5.70. The maximum atomic E-state index is 11.8. The van der Waals surface area contributed by atoms with E-state index in [0.29, 0.717) is 5.69 Å². The lowest BCUT2D eigenvalue weighted by Crippen LogP contribution is -2.33. The summed E-state index contributed by atoms with van der Waals surface area (Å²) in [5, 5.41) is 8.68. The fourth-order valence-corrected chi connectivity index (χ4v) is 1.37. The van der Waals surface area contributed by atoms with Gasteiger partial charge in [-0.3, -0.25) is 9.78 Å². The minimum absolute atomic E-state index is 0.0713. The largest absolute Gasteiger partial charge is 0.481 e. The number of hydrogen-bond donors (Lipinski definition) is 1. The number of carboxylic acids is 1. The van der Waals surface area contributed by atoms with E-state index in [9.17, 15) is 9.59 Å². The third-order valence-electron chi connectivity index (χ3n) is 2.26. The van der Waals surface area contributed by atoms with Crippen molar-refractivity contribution in [2.75, 3.05) is 13.2 Å². The number of carboxylic acid groups (broad SMARTS) is 1. The van der Waals surface area contributed by atoms with E-state index in [-0.39, 0.29) is 26.1 Å². The van der Waals surface area contributed by atoms with Crippen molar-refractivity contribution in [1.82, 2.24) is 9.88 Å². The van der Waals surface area contributed by atoms with Crippen LogP contribution in [0.5, 0.6) is 0 Å². The van der Waals surface area contributed by atoms with E-state index in [1.807, 2.05) is 0 Å². The van der Waals surface area contributed by atoms with Gasteiger partial charge in [0.05, 0.1) is 18.7 Å². The highest BCUT2D eigenvalue weighted by Gasteiger charge is 2.16. The van der Waals surface area contributed by atoms with E-state index < -0.39 is 12.1 Å². The van der Waals surface area contributed by atoms with Gasteiger partial charge in [0.25, 0.3) is 0 Å². The number of ether oxygens (including phenoxy) is 1. The number of pyridine rings is 1. The molecule has 0 aliphatic heterocycles. The van der Waals surface area contributed by atoms with E-state index in [0.717, 1.165) is 0 Å². The Morgan fingerprint density at radius 3 is 2.84 bits per heavy atom. The molecule has 0 atom stereocenters. The van der Waals surface area contributed by atoms with E-state index in [2.05, 4.69) is 11.6 Å². The fourth-order valence-electron chi connectivity index (χ4n) is 1.37. The average Bonchev–Trinajstić information content (AvgIpc) is 2.41. The second-order valence-electron chi connectivity index (χ2n) is 3.75. The lowest BCUT2D eigenvalue weighted by atomic mass is 10.3. The van der Waals surface area contributed by atoms with Crippen molar-refractivity contribution < 1.29 is 19.4 Å². The van der Waals surface area contributed by atoms with Gasteiger partial charge in [0.15, 0.2) is 0 Å². The molecule has 0 bridgehead atoms. The van der Waals surface area contributed by atoms with Gasteiger partial charge in [0, 0.05) is 12.7 Å². The van der Waals surface area contributed by atoms with Gasteiger partial charge in [0.2, 0.25) is 0 Å². The molecule has 0 saturated heterocycles. The molecule has 1 N–H and O–H groups in total. The number of rotatable bonds is 7. The van der Waals surface area contributed by atoms with Gasteiger partial charge in [0.1, 0.15) is 6.61 Å². The van der Waals surface area contributed by atoms with E-state index >= 15 is 0 Å². The summed E-state index contributed by atoms with van der Waals surface area (Å²) in [6, 6.07) is 5.32. The molecule has 0 aliphatic carbocycles. The Labute approximate surface area is 111 Å². The summed E-state index contributed by atoms with van der Waals surface area (Å²) < 4.78 is 4.91. The fraction of sp³-hybridized carbons (Fsp3) is 0.308. The summed E-state index contributed by atoms with van der Waals surface area (Å²) in [6.07, 6.45) is 2.34. The third-order valence-corrected chi connectivity index (χ3v) is 2.26. The number of amides is 1. The standard InChI is InChI=1S/C13H16N2O4/c1-2-9-19-13(18)15(8-6-12(16)17)10-11-5-3-4-7-14-11/h2-5,7H,1,6,8-10H2,(H,16,17). The Kier molecular flexibility index (Phi) is 6.08. The first kappa shape index (κ1) is 14.7. The summed E-state index contributed by atoms with van der Waals surface area (Å²) in [4.78, 5) is 27.7. The minimum Gasteiger partial charge on any atom is -0.481 e. The summed E-state index contributed by atoms with van der Waals surface area (Å²) in [5.74, 6) is -0.970. The van der Waals surface area contributed by atoms with Crippen LogP contribution in [0, 0.1) is 0 Å². The zero-order valence-corrected chi connectivity index (χ0v) is 10.5. The first-order valence-corrected chi connectivity index (χ1v) is 5.77. The van der Waals surface area contributed by atoms with Crippen molar-refractivity contribution in [1.29, 1.82) is 0 Å². The van der Waals surface area contributed by atoms with Gasteiger partial charge in [-0.2, -0.15) is 0 Å². The number of nitrogens with zero attached hydrogens (tertiary/aromatic N) is 2. The lowest BCUT2D eigenvalue weighted by Gasteiger charge is -2.20. The molecule has 1 rings (SSSR count). The molecule has 19 heavy (non-hydrogen) atoms. The predicted octanol–water partition coefficient (Wildman–Crippen LogP) is 1.68. The smallest absolute Gasteiger partial charge is 0.410 e. The van der Waals surface area contributed by atoms with Gasteiger partial charge in [-0.25, -0.2) is 4.79 Å². The van der Waals surface area contributed by atoms with Gasteiger partial charge in [-0.1, -0.05) is 18.7 Å². The molecular formula is C13H16N2O4. The lowest BCUT2D eigenvalue weighted by molar-refractivity contribution is -0.137. The molecule has 0 saturated carbocycles. The minimum atomic E-state index is -0.970. The Balaban J connectivity index is 2.65. The van der Waals surface area contributed by atoms with Crippen LogP contribution in [0.25, 0.3) is 0 Å². The molecule has 102 valence electrons. The highest BCUT2D eigenvalue weighted by Crippen LogP contribution is 2.04. The molecule has 6 nitrogen and oxygen atoms in total. The molecule has 0 aromatic carbocycles. The van der Waals surface area contributed by atoms with Gasteiger partial charge >= 0.3 is 12.1 Å². The molecule has 0 spiro atoms. The van der Waals surface area contributed by atoms with Crippen LogP contribution in [-0.2, 0) is 16.1 Å². The molecule has 0 radical (unpaired) electrons. The number of carbonyl (C=O) groups is 2. The molecule has 1 amide bonds. The van der Waals surface area contributed by atoms with Gasteiger partial charge < -0.3 is 14.7 Å². The van der Waals surface area contributed by atoms with E-state index in [1.165, 1.54) is 11.0 Å². The first-order chi connectivity index (χ1) is 9.13. The van der Waals surface area contributed by atoms with Crippen LogP contribution in [0.15, 0.2) is 37.1 Å². The summed E-state index contributed by atoms with van der Waals surface area (Å²) in [5.41, 5.74) is 0.670. The Bertz CT molecular complexity index is 434. The number of hydrogen-bond acceptors (Lipinski definition) is 4. The quantitative estimate of drug-likeness (QED) is 0.758. The van der Waals surface area contributed by atoms with Crippen molar-refractivity contribution >= 4 is 12.1 Å². The monoisotopic (exact) mass is 264 g/mol. The molecular weight excluding hydrogens is 248 g/mol. The Morgan fingerprint density at radius 2 is 2.26 bits per heavy atom. The van der Waals surface area contributed by atoms with Gasteiger partial charge in [-0.15, -0.1) is 0 Å². The molecule has 1 aromatic heterocycles. The molecule has 6 heteroatoms. The number of carbonyl (C=O) groups excluding carboxylic acids is 1. The molecule has 1 aromatic rings. The van der Waals surface area contributed by atoms with Crippen molar-refractivity contribution in [3.63, 3.8) is 0 Å². The van der Waals surface area contributed by atoms with Crippen molar-refractivity contribution in [2.45, 2.75) is 13.0 Å². The second kappa shape index (κ2) is 7.86. The van der Waals surface area contributed by atoms with Crippen LogP contribution < -0.4 is 0 Å². The summed E-state index contributed by atoms with van der Waals surface area (Å²) >= 11 is 0. The highest BCUT2D eigenvalue weighted by atomic mass is 16.6. The van der Waals surface area contributed by atoms with Crippen LogP contribution >= 0.6 is 0 Å². The van der Waals surface area contributed by atoms with Crippen LogP contribution in [0.2, 0.25) is 0 Å². The van der Waals surface area contributed by atoms with Crippen LogP contribution in [0.1, 0.15) is 12.1 Å². The topological polar surface area (TPSA) is 79.7 Å². The molecule has 1 heterocycles. The van der Waals surface area contributed by atoms with Crippen molar-refractivity contribution in [3.05, 3.63) is 42.7 Å². The summed E-state index contributed by atoms with van der Waals surface area (Å²) in [7, 11) is 0. The zero-order valence-electron chi connectivity index (χ0n) is 10.5. The van der Waals surface area contributed by atoms with Crippen LogP contribution in [0.3, 0.4) is 0 Å². The van der Waals surface area contributed by atoms with Crippen LogP contribution in [-0.4, -0.2) is 40.2 Å². The second-order valence-corrected chi connectivity index (χ2v) is 3.75. The Morgan fingerprint density at radius 1 is 1.47 bits per heavy atom. The average molecular weight is 264 g/mol. The SMILES string of the molecule is C=CCOC(=O)N(CCC(=O)O)Cc1ccccn1.